The number of para-hydroxylation sites is 2. The summed E-state index contributed by atoms with van der Waals surface area (Å²) in [4.78, 5) is 31.0. The summed E-state index contributed by atoms with van der Waals surface area (Å²) >= 11 is 0. The summed E-state index contributed by atoms with van der Waals surface area (Å²) in [6, 6.07) is 12.9. The van der Waals surface area contributed by atoms with Crippen molar-refractivity contribution in [3.05, 3.63) is 53.9 Å². The van der Waals surface area contributed by atoms with Crippen LogP contribution in [0, 0.1) is 6.92 Å². The average Bonchev–Trinajstić information content (AvgIpc) is 3.18. The van der Waals surface area contributed by atoms with Crippen molar-refractivity contribution in [1.82, 2.24) is 9.55 Å². The van der Waals surface area contributed by atoms with E-state index in [-0.39, 0.29) is 11.8 Å². The number of nitrogens with zero attached hydrogens (tertiary/aromatic N) is 3. The summed E-state index contributed by atoms with van der Waals surface area (Å²) in [5.41, 5.74) is 3.71. The van der Waals surface area contributed by atoms with Crippen LogP contribution in [0.3, 0.4) is 0 Å². The van der Waals surface area contributed by atoms with E-state index in [1.807, 2.05) is 48.9 Å². The molecule has 1 aromatic heterocycles. The number of carbonyl (C=O) groups is 2. The molecule has 2 heterocycles. The normalized spacial score (nSPS) is 14.2. The summed E-state index contributed by atoms with van der Waals surface area (Å²) in [5.74, 6) is 0.779. The second-order valence-corrected chi connectivity index (χ2v) is 6.54. The van der Waals surface area contributed by atoms with E-state index in [1.165, 1.54) is 0 Å². The largest absolute Gasteiger partial charge is 0.331 e. The number of rotatable bonds is 3. The molecule has 2 amide bonds. The molecule has 0 saturated carbocycles. The minimum atomic E-state index is -0.214. The molecule has 6 heteroatoms. The number of aryl methyl sites for hydroxylation is 2. The summed E-state index contributed by atoms with van der Waals surface area (Å²) in [7, 11) is 1.95. The predicted octanol–water partition coefficient (Wildman–Crippen LogP) is 3.26. The maximum Gasteiger partial charge on any atom is 0.255 e. The zero-order valence-electron chi connectivity index (χ0n) is 14.8. The quantitative estimate of drug-likeness (QED) is 0.790. The van der Waals surface area contributed by atoms with Gasteiger partial charge in [-0.15, -0.1) is 0 Å². The summed E-state index contributed by atoms with van der Waals surface area (Å²) in [6.45, 7) is 2.62. The molecular weight excluding hydrogens is 328 g/mol. The fourth-order valence-electron chi connectivity index (χ4n) is 3.37. The molecule has 0 radical (unpaired) electrons. The van der Waals surface area contributed by atoms with Gasteiger partial charge in [0.15, 0.2) is 0 Å². The fraction of sp³-hybridized carbons (Fsp3) is 0.250. The minimum absolute atomic E-state index is 0.0945. The molecular formula is C20H20N4O2. The predicted molar refractivity (Wildman–Crippen MR) is 101 cm³/mol. The van der Waals surface area contributed by atoms with E-state index < -0.39 is 0 Å². The van der Waals surface area contributed by atoms with Crippen molar-refractivity contribution >= 4 is 34.2 Å². The van der Waals surface area contributed by atoms with E-state index in [0.717, 1.165) is 29.0 Å². The topological polar surface area (TPSA) is 67.2 Å². The smallest absolute Gasteiger partial charge is 0.255 e. The molecule has 26 heavy (non-hydrogen) atoms. The molecule has 3 aromatic rings. The second-order valence-electron chi connectivity index (χ2n) is 6.54. The SMILES string of the molecule is Cc1nc2cc(C(=O)Nc3ccccc3N3CCCC3=O)ccc2n1C. The van der Waals surface area contributed by atoms with E-state index in [4.69, 9.17) is 0 Å². The van der Waals surface area contributed by atoms with Crippen LogP contribution in [0.25, 0.3) is 11.0 Å². The van der Waals surface area contributed by atoms with Crippen molar-refractivity contribution in [2.45, 2.75) is 19.8 Å². The number of imidazole rings is 1. The monoisotopic (exact) mass is 348 g/mol. The van der Waals surface area contributed by atoms with Crippen LogP contribution in [-0.4, -0.2) is 27.9 Å². The van der Waals surface area contributed by atoms with Crippen LogP contribution < -0.4 is 10.2 Å². The minimum Gasteiger partial charge on any atom is -0.331 e. The van der Waals surface area contributed by atoms with Gasteiger partial charge in [0.1, 0.15) is 5.82 Å². The maximum absolute atomic E-state index is 12.7. The number of nitrogens with one attached hydrogen (secondary N) is 1. The van der Waals surface area contributed by atoms with E-state index in [2.05, 4.69) is 10.3 Å². The van der Waals surface area contributed by atoms with E-state index in [9.17, 15) is 9.59 Å². The summed E-state index contributed by atoms with van der Waals surface area (Å²) in [6.07, 6.45) is 1.40. The van der Waals surface area contributed by atoms with Gasteiger partial charge in [0.25, 0.3) is 5.91 Å². The molecule has 0 atom stereocenters. The first-order valence-electron chi connectivity index (χ1n) is 8.68. The third-order valence-corrected chi connectivity index (χ3v) is 4.88. The molecule has 0 bridgehead atoms. The van der Waals surface area contributed by atoms with E-state index >= 15 is 0 Å². The number of amides is 2. The van der Waals surface area contributed by atoms with Crippen LogP contribution in [0.1, 0.15) is 29.0 Å². The fourth-order valence-corrected chi connectivity index (χ4v) is 3.37. The Morgan fingerprint density at radius 2 is 2.00 bits per heavy atom. The van der Waals surface area contributed by atoms with Gasteiger partial charge in [-0.05, 0) is 43.7 Å². The van der Waals surface area contributed by atoms with Gasteiger partial charge < -0.3 is 14.8 Å². The van der Waals surface area contributed by atoms with Crippen LogP contribution in [0.4, 0.5) is 11.4 Å². The Morgan fingerprint density at radius 1 is 1.19 bits per heavy atom. The van der Waals surface area contributed by atoms with Gasteiger partial charge >= 0.3 is 0 Å². The molecule has 1 aliphatic heterocycles. The Kier molecular flexibility index (Phi) is 3.95. The van der Waals surface area contributed by atoms with Gasteiger partial charge in [-0.2, -0.15) is 0 Å². The van der Waals surface area contributed by atoms with Crippen LogP contribution >= 0.6 is 0 Å². The number of fused-ring (bicyclic) bond motifs is 1. The van der Waals surface area contributed by atoms with Crippen molar-refractivity contribution < 1.29 is 9.59 Å². The second kappa shape index (κ2) is 6.29. The van der Waals surface area contributed by atoms with Crippen LogP contribution in [0.5, 0.6) is 0 Å². The Hall–Kier alpha value is -3.15. The zero-order chi connectivity index (χ0) is 18.3. The maximum atomic E-state index is 12.7. The highest BCUT2D eigenvalue weighted by Gasteiger charge is 2.24. The molecule has 1 aliphatic rings. The molecule has 1 fully saturated rings. The molecule has 4 rings (SSSR count). The van der Waals surface area contributed by atoms with Crippen molar-refractivity contribution in [2.24, 2.45) is 7.05 Å². The van der Waals surface area contributed by atoms with Crippen LogP contribution in [0.15, 0.2) is 42.5 Å². The number of aromatic nitrogens is 2. The lowest BCUT2D eigenvalue weighted by Gasteiger charge is -2.20. The Balaban J connectivity index is 1.64. The first kappa shape index (κ1) is 16.3. The van der Waals surface area contributed by atoms with Crippen molar-refractivity contribution in [2.75, 3.05) is 16.8 Å². The van der Waals surface area contributed by atoms with Gasteiger partial charge in [0, 0.05) is 25.6 Å². The summed E-state index contributed by atoms with van der Waals surface area (Å²) in [5, 5.41) is 2.94. The summed E-state index contributed by atoms with van der Waals surface area (Å²) < 4.78 is 1.99. The molecule has 132 valence electrons. The van der Waals surface area contributed by atoms with Gasteiger partial charge in [-0.3, -0.25) is 9.59 Å². The first-order valence-corrected chi connectivity index (χ1v) is 8.68. The molecule has 0 aliphatic carbocycles. The number of hydrogen-bond donors (Lipinski definition) is 1. The molecule has 0 unspecified atom stereocenters. The standard InChI is InChI=1S/C20H20N4O2/c1-13-21-16-12-14(9-10-17(16)23(13)2)20(26)22-15-6-3-4-7-18(15)24-11-5-8-19(24)25/h3-4,6-7,9-10,12H,5,8,11H2,1-2H3,(H,22,26). The zero-order valence-corrected chi connectivity index (χ0v) is 14.8. The Bertz CT molecular complexity index is 1020. The van der Waals surface area contributed by atoms with Crippen molar-refractivity contribution in [3.8, 4) is 0 Å². The Labute approximate surface area is 151 Å². The highest BCUT2D eigenvalue weighted by molar-refractivity contribution is 6.09. The number of hydrogen-bond acceptors (Lipinski definition) is 3. The van der Waals surface area contributed by atoms with Crippen molar-refractivity contribution in [3.63, 3.8) is 0 Å². The lowest BCUT2D eigenvalue weighted by Crippen LogP contribution is -2.25. The van der Waals surface area contributed by atoms with E-state index in [1.54, 1.807) is 17.0 Å². The highest BCUT2D eigenvalue weighted by Crippen LogP contribution is 2.30. The number of carbonyl (C=O) groups excluding carboxylic acids is 2. The number of anilines is 2. The van der Waals surface area contributed by atoms with E-state index in [0.29, 0.717) is 24.2 Å². The highest BCUT2D eigenvalue weighted by atomic mass is 16.2. The van der Waals surface area contributed by atoms with Crippen LogP contribution in [-0.2, 0) is 11.8 Å². The van der Waals surface area contributed by atoms with Gasteiger partial charge in [0.2, 0.25) is 5.91 Å². The molecule has 1 N–H and O–H groups in total. The van der Waals surface area contributed by atoms with Gasteiger partial charge in [0.05, 0.1) is 22.4 Å². The molecule has 0 spiro atoms. The lowest BCUT2D eigenvalue weighted by molar-refractivity contribution is -0.117. The third-order valence-electron chi connectivity index (χ3n) is 4.88. The Morgan fingerprint density at radius 3 is 2.77 bits per heavy atom. The third kappa shape index (κ3) is 2.73. The lowest BCUT2D eigenvalue weighted by atomic mass is 10.1. The number of benzene rings is 2. The van der Waals surface area contributed by atoms with Crippen molar-refractivity contribution in [1.29, 1.82) is 0 Å². The average molecular weight is 348 g/mol. The van der Waals surface area contributed by atoms with Gasteiger partial charge in [-0.25, -0.2) is 4.98 Å². The molecule has 2 aromatic carbocycles. The first-order chi connectivity index (χ1) is 12.5. The van der Waals surface area contributed by atoms with Gasteiger partial charge in [-0.1, -0.05) is 12.1 Å². The van der Waals surface area contributed by atoms with Crippen LogP contribution in [0.2, 0.25) is 0 Å². The molecule has 1 saturated heterocycles. The molecule has 6 nitrogen and oxygen atoms in total.